The SMILES string of the molecule is CCCCC(CCC)NCc1cn[nH]c1-c1ccccc1. The molecule has 0 bridgehead atoms. The lowest BCUT2D eigenvalue weighted by Crippen LogP contribution is -2.28. The Bertz CT molecular complexity index is 504. The van der Waals surface area contributed by atoms with Crippen molar-refractivity contribution in [2.24, 2.45) is 0 Å². The lowest BCUT2D eigenvalue weighted by atomic mass is 10.0. The van der Waals surface area contributed by atoms with Gasteiger partial charge in [0.15, 0.2) is 0 Å². The zero-order valence-electron chi connectivity index (χ0n) is 13.2. The fraction of sp³-hybridized carbons (Fsp3) is 0.500. The van der Waals surface area contributed by atoms with Crippen LogP contribution in [0, 0.1) is 0 Å². The fourth-order valence-electron chi connectivity index (χ4n) is 2.70. The zero-order chi connectivity index (χ0) is 14.9. The quantitative estimate of drug-likeness (QED) is 0.711. The second-order valence-electron chi connectivity index (χ2n) is 5.64. The van der Waals surface area contributed by atoms with E-state index in [0.29, 0.717) is 6.04 Å². The van der Waals surface area contributed by atoms with E-state index >= 15 is 0 Å². The van der Waals surface area contributed by atoms with Gasteiger partial charge in [0.05, 0.1) is 11.9 Å². The summed E-state index contributed by atoms with van der Waals surface area (Å²) in [6.45, 7) is 5.40. The molecule has 21 heavy (non-hydrogen) atoms. The summed E-state index contributed by atoms with van der Waals surface area (Å²) >= 11 is 0. The van der Waals surface area contributed by atoms with Gasteiger partial charge in [0, 0.05) is 18.2 Å². The summed E-state index contributed by atoms with van der Waals surface area (Å²) in [6.07, 6.45) is 8.26. The molecule has 3 heteroatoms. The summed E-state index contributed by atoms with van der Waals surface area (Å²) in [6, 6.07) is 11.0. The van der Waals surface area contributed by atoms with Crippen LogP contribution >= 0.6 is 0 Å². The minimum atomic E-state index is 0.619. The van der Waals surface area contributed by atoms with Gasteiger partial charge in [-0.15, -0.1) is 0 Å². The van der Waals surface area contributed by atoms with E-state index in [4.69, 9.17) is 0 Å². The normalized spacial score (nSPS) is 12.5. The van der Waals surface area contributed by atoms with Crippen molar-refractivity contribution >= 4 is 0 Å². The monoisotopic (exact) mass is 285 g/mol. The van der Waals surface area contributed by atoms with Crippen LogP contribution in [-0.2, 0) is 6.54 Å². The van der Waals surface area contributed by atoms with Crippen molar-refractivity contribution in [2.75, 3.05) is 0 Å². The maximum Gasteiger partial charge on any atom is 0.0695 e. The maximum absolute atomic E-state index is 4.22. The molecule has 2 rings (SSSR count). The molecule has 0 saturated heterocycles. The first-order valence-corrected chi connectivity index (χ1v) is 8.16. The second kappa shape index (κ2) is 8.63. The molecule has 0 radical (unpaired) electrons. The van der Waals surface area contributed by atoms with Crippen LogP contribution in [0.4, 0.5) is 0 Å². The molecule has 1 unspecified atom stereocenters. The number of benzene rings is 1. The number of hydrogen-bond acceptors (Lipinski definition) is 2. The molecule has 1 atom stereocenters. The molecule has 2 N–H and O–H groups in total. The van der Waals surface area contributed by atoms with Crippen LogP contribution in [0.2, 0.25) is 0 Å². The number of nitrogens with zero attached hydrogens (tertiary/aromatic N) is 1. The van der Waals surface area contributed by atoms with E-state index in [1.165, 1.54) is 43.2 Å². The number of aromatic amines is 1. The number of rotatable bonds is 9. The van der Waals surface area contributed by atoms with Crippen molar-refractivity contribution in [3.8, 4) is 11.3 Å². The number of aromatic nitrogens is 2. The van der Waals surface area contributed by atoms with Crippen LogP contribution in [0.15, 0.2) is 36.5 Å². The molecule has 0 amide bonds. The van der Waals surface area contributed by atoms with Gasteiger partial charge in [0.25, 0.3) is 0 Å². The molecule has 1 aromatic carbocycles. The predicted octanol–water partition coefficient (Wildman–Crippen LogP) is 4.53. The molecule has 2 aromatic rings. The zero-order valence-corrected chi connectivity index (χ0v) is 13.2. The van der Waals surface area contributed by atoms with Crippen molar-refractivity contribution in [3.05, 3.63) is 42.1 Å². The smallest absolute Gasteiger partial charge is 0.0695 e. The standard InChI is InChI=1S/C18H27N3/c1-3-5-12-17(9-4-2)19-13-16-14-20-21-18(16)15-10-7-6-8-11-15/h6-8,10-11,14,17,19H,3-5,9,12-13H2,1-2H3,(H,20,21). The Morgan fingerprint density at radius 3 is 2.62 bits per heavy atom. The number of hydrogen-bond donors (Lipinski definition) is 2. The third-order valence-corrected chi connectivity index (χ3v) is 3.90. The molecule has 114 valence electrons. The first-order chi connectivity index (χ1) is 10.3. The number of nitrogens with one attached hydrogen (secondary N) is 2. The van der Waals surface area contributed by atoms with Crippen molar-refractivity contribution < 1.29 is 0 Å². The van der Waals surface area contributed by atoms with Crippen molar-refractivity contribution in [2.45, 2.75) is 58.5 Å². The van der Waals surface area contributed by atoms with E-state index in [2.05, 4.69) is 53.6 Å². The minimum absolute atomic E-state index is 0.619. The number of unbranched alkanes of at least 4 members (excludes halogenated alkanes) is 1. The highest BCUT2D eigenvalue weighted by Crippen LogP contribution is 2.20. The molecule has 0 spiro atoms. The molecule has 1 aromatic heterocycles. The van der Waals surface area contributed by atoms with E-state index in [0.717, 1.165) is 12.2 Å². The Hall–Kier alpha value is -1.61. The first kappa shape index (κ1) is 15.8. The molecule has 0 saturated carbocycles. The van der Waals surface area contributed by atoms with Gasteiger partial charge in [-0.2, -0.15) is 5.10 Å². The van der Waals surface area contributed by atoms with Crippen LogP contribution in [0.3, 0.4) is 0 Å². The van der Waals surface area contributed by atoms with Crippen LogP contribution in [0.25, 0.3) is 11.3 Å². The number of H-pyrrole nitrogens is 1. The molecule has 1 heterocycles. The van der Waals surface area contributed by atoms with Gasteiger partial charge in [-0.1, -0.05) is 63.4 Å². The molecule has 3 nitrogen and oxygen atoms in total. The van der Waals surface area contributed by atoms with Crippen LogP contribution in [-0.4, -0.2) is 16.2 Å². The summed E-state index contributed by atoms with van der Waals surface area (Å²) in [4.78, 5) is 0. The highest BCUT2D eigenvalue weighted by atomic mass is 15.1. The Morgan fingerprint density at radius 1 is 1.10 bits per heavy atom. The van der Waals surface area contributed by atoms with E-state index in [-0.39, 0.29) is 0 Å². The van der Waals surface area contributed by atoms with Crippen LogP contribution < -0.4 is 5.32 Å². The van der Waals surface area contributed by atoms with Gasteiger partial charge in [-0.05, 0) is 18.4 Å². The molecule has 0 aliphatic rings. The predicted molar refractivity (Wildman–Crippen MR) is 89.1 cm³/mol. The Morgan fingerprint density at radius 2 is 1.90 bits per heavy atom. The Labute approximate surface area is 128 Å². The van der Waals surface area contributed by atoms with Gasteiger partial charge in [0.1, 0.15) is 0 Å². The summed E-state index contributed by atoms with van der Waals surface area (Å²) in [5.74, 6) is 0. The van der Waals surface area contributed by atoms with Gasteiger partial charge in [0.2, 0.25) is 0 Å². The molecular weight excluding hydrogens is 258 g/mol. The summed E-state index contributed by atoms with van der Waals surface area (Å²) < 4.78 is 0. The maximum atomic E-state index is 4.22. The topological polar surface area (TPSA) is 40.7 Å². The summed E-state index contributed by atoms with van der Waals surface area (Å²) in [7, 11) is 0. The van der Waals surface area contributed by atoms with Gasteiger partial charge >= 0.3 is 0 Å². The molecule has 0 aliphatic carbocycles. The lowest BCUT2D eigenvalue weighted by Gasteiger charge is -2.17. The lowest BCUT2D eigenvalue weighted by molar-refractivity contribution is 0.434. The average Bonchev–Trinajstić information content (AvgIpc) is 2.99. The third kappa shape index (κ3) is 4.71. The van der Waals surface area contributed by atoms with Crippen molar-refractivity contribution in [1.29, 1.82) is 0 Å². The van der Waals surface area contributed by atoms with Crippen molar-refractivity contribution in [3.63, 3.8) is 0 Å². The van der Waals surface area contributed by atoms with E-state index in [1.807, 2.05) is 12.3 Å². The minimum Gasteiger partial charge on any atom is -0.310 e. The average molecular weight is 285 g/mol. The van der Waals surface area contributed by atoms with E-state index in [9.17, 15) is 0 Å². The highest BCUT2D eigenvalue weighted by molar-refractivity contribution is 5.62. The Balaban J connectivity index is 1.98. The van der Waals surface area contributed by atoms with Crippen molar-refractivity contribution in [1.82, 2.24) is 15.5 Å². The molecule has 0 aliphatic heterocycles. The van der Waals surface area contributed by atoms with Crippen LogP contribution in [0.5, 0.6) is 0 Å². The second-order valence-corrected chi connectivity index (χ2v) is 5.64. The Kier molecular flexibility index (Phi) is 6.48. The fourth-order valence-corrected chi connectivity index (χ4v) is 2.70. The van der Waals surface area contributed by atoms with Gasteiger partial charge in [-0.25, -0.2) is 0 Å². The third-order valence-electron chi connectivity index (χ3n) is 3.90. The van der Waals surface area contributed by atoms with Crippen LogP contribution in [0.1, 0.15) is 51.5 Å². The molecule has 0 fully saturated rings. The highest BCUT2D eigenvalue weighted by Gasteiger charge is 2.10. The summed E-state index contributed by atoms with van der Waals surface area (Å²) in [5, 5.41) is 11.1. The largest absolute Gasteiger partial charge is 0.310 e. The van der Waals surface area contributed by atoms with E-state index in [1.54, 1.807) is 0 Å². The summed E-state index contributed by atoms with van der Waals surface area (Å²) in [5.41, 5.74) is 3.58. The van der Waals surface area contributed by atoms with Gasteiger partial charge < -0.3 is 5.32 Å². The van der Waals surface area contributed by atoms with Gasteiger partial charge in [-0.3, -0.25) is 5.10 Å². The first-order valence-electron chi connectivity index (χ1n) is 8.16. The molecular formula is C18H27N3. The van der Waals surface area contributed by atoms with E-state index < -0.39 is 0 Å².